The first kappa shape index (κ1) is 41.7. The van der Waals surface area contributed by atoms with Gasteiger partial charge in [-0.15, -0.1) is 0 Å². The number of carboxylic acids is 1. The molecule has 0 fully saturated rings. The maximum absolute atomic E-state index is 13.3. The molecule has 0 aromatic rings. The highest BCUT2D eigenvalue weighted by Gasteiger charge is 2.33. The fraction of sp³-hybridized carbons (Fsp3) is 0.806. The molecular formula is C31H57N5O9. The third-order valence-electron chi connectivity index (χ3n) is 7.14. The Kier molecular flexibility index (Phi) is 18.5. The summed E-state index contributed by atoms with van der Waals surface area (Å²) in [6, 6.07) is -4.59. The minimum Gasteiger partial charge on any atom is -0.481 e. The standard InChI is InChI=1S/C31H57N5O9/c1-15(2)11-21(35-30(44)28(18(7)8)36-31(45)27(17(5)6)33-20(10)37)23(38)13-25(40)32-19(9)29(43)34-22(12-16(3)4)24(39)14-26(41)42/h15-19,21-24,27-28,38-39H,11-14H2,1-10H3,(H,32,40)(H,33,37)(H,34,43)(H,35,44)(H,36,45)(H,41,42)/t19-,21+,22+,23-,24-,27+,28+/m0/s1. The van der Waals surface area contributed by atoms with Gasteiger partial charge in [0.25, 0.3) is 0 Å². The number of amides is 5. The van der Waals surface area contributed by atoms with Gasteiger partial charge in [-0.2, -0.15) is 0 Å². The SMILES string of the molecule is CC(=O)N[C@@H](C(=O)N[C@@H](C(=O)N[C@H](CC(C)C)[C@@H](O)CC(=O)N[C@@H](C)C(=O)N[C@H](CC(C)C)[C@@H](O)CC(=O)O)C(C)C)C(C)C. The van der Waals surface area contributed by atoms with Crippen LogP contribution in [0.4, 0.5) is 0 Å². The Morgan fingerprint density at radius 1 is 0.556 bits per heavy atom. The molecule has 260 valence electrons. The largest absolute Gasteiger partial charge is 0.481 e. The van der Waals surface area contributed by atoms with Gasteiger partial charge < -0.3 is 41.9 Å². The van der Waals surface area contributed by atoms with E-state index < -0.39 is 84.9 Å². The zero-order valence-corrected chi connectivity index (χ0v) is 28.5. The first-order chi connectivity index (χ1) is 20.7. The number of aliphatic hydroxyl groups is 2. The van der Waals surface area contributed by atoms with Crippen molar-refractivity contribution in [3.8, 4) is 0 Å². The first-order valence-electron chi connectivity index (χ1n) is 15.7. The molecule has 0 aliphatic rings. The summed E-state index contributed by atoms with van der Waals surface area (Å²) in [7, 11) is 0. The van der Waals surface area contributed by atoms with Crippen molar-refractivity contribution >= 4 is 35.5 Å². The summed E-state index contributed by atoms with van der Waals surface area (Å²) in [5, 5.41) is 43.5. The van der Waals surface area contributed by atoms with Crippen molar-refractivity contribution in [3.63, 3.8) is 0 Å². The number of carbonyl (C=O) groups excluding carboxylic acids is 5. The summed E-state index contributed by atoms with van der Waals surface area (Å²) in [6.45, 7) is 17.2. The predicted molar refractivity (Wildman–Crippen MR) is 168 cm³/mol. The topological polar surface area (TPSA) is 223 Å². The minimum atomic E-state index is -1.33. The quantitative estimate of drug-likeness (QED) is 0.0920. The molecule has 0 aliphatic carbocycles. The van der Waals surface area contributed by atoms with E-state index in [0.29, 0.717) is 12.8 Å². The molecule has 0 heterocycles. The van der Waals surface area contributed by atoms with Crippen LogP contribution in [-0.2, 0) is 28.8 Å². The summed E-state index contributed by atoms with van der Waals surface area (Å²) in [6.07, 6.45) is -3.01. The number of aliphatic carboxylic acids is 1. The van der Waals surface area contributed by atoms with Crippen LogP contribution in [-0.4, -0.2) is 93.2 Å². The lowest BCUT2D eigenvalue weighted by Gasteiger charge is -2.31. The third-order valence-corrected chi connectivity index (χ3v) is 7.14. The van der Waals surface area contributed by atoms with Crippen molar-refractivity contribution in [2.24, 2.45) is 23.7 Å². The molecule has 0 saturated carbocycles. The van der Waals surface area contributed by atoms with Crippen LogP contribution in [0.1, 0.15) is 94.9 Å². The molecule has 0 aromatic heterocycles. The molecule has 8 N–H and O–H groups in total. The summed E-state index contributed by atoms with van der Waals surface area (Å²) in [5.41, 5.74) is 0. The van der Waals surface area contributed by atoms with Gasteiger partial charge >= 0.3 is 5.97 Å². The normalized spacial score (nSPS) is 16.3. The molecule has 0 aromatic carbocycles. The van der Waals surface area contributed by atoms with Crippen LogP contribution >= 0.6 is 0 Å². The highest BCUT2D eigenvalue weighted by atomic mass is 16.4. The number of aliphatic hydroxyl groups excluding tert-OH is 2. The lowest BCUT2D eigenvalue weighted by atomic mass is 9.95. The molecule has 14 heteroatoms. The second-order valence-corrected chi connectivity index (χ2v) is 13.4. The zero-order chi connectivity index (χ0) is 35.2. The van der Waals surface area contributed by atoms with Gasteiger partial charge in [0.15, 0.2) is 0 Å². The molecule has 5 amide bonds. The van der Waals surface area contributed by atoms with E-state index in [1.54, 1.807) is 27.7 Å². The van der Waals surface area contributed by atoms with Gasteiger partial charge in [-0.25, -0.2) is 0 Å². The van der Waals surface area contributed by atoms with Gasteiger partial charge in [0.1, 0.15) is 18.1 Å². The third kappa shape index (κ3) is 16.6. The first-order valence-corrected chi connectivity index (χ1v) is 15.7. The van der Waals surface area contributed by atoms with Crippen molar-refractivity contribution in [1.29, 1.82) is 0 Å². The van der Waals surface area contributed by atoms with E-state index in [9.17, 15) is 39.0 Å². The number of nitrogens with one attached hydrogen (secondary N) is 5. The second-order valence-electron chi connectivity index (χ2n) is 13.4. The predicted octanol–water partition coefficient (Wildman–Crippen LogP) is 0.441. The average Bonchev–Trinajstić information content (AvgIpc) is 2.87. The summed E-state index contributed by atoms with van der Waals surface area (Å²) >= 11 is 0. The molecule has 0 bridgehead atoms. The van der Waals surface area contributed by atoms with Gasteiger partial charge in [0.05, 0.1) is 37.1 Å². The van der Waals surface area contributed by atoms with Crippen LogP contribution in [0.3, 0.4) is 0 Å². The summed E-state index contributed by atoms with van der Waals surface area (Å²) < 4.78 is 0. The van der Waals surface area contributed by atoms with Gasteiger partial charge in [-0.1, -0.05) is 55.4 Å². The van der Waals surface area contributed by atoms with Gasteiger partial charge in [0, 0.05) is 6.92 Å². The van der Waals surface area contributed by atoms with Crippen LogP contribution in [0.15, 0.2) is 0 Å². The molecule has 0 rings (SSSR count). The highest BCUT2D eigenvalue weighted by Crippen LogP contribution is 2.14. The Hall–Kier alpha value is -3.26. The van der Waals surface area contributed by atoms with Crippen molar-refractivity contribution in [1.82, 2.24) is 26.6 Å². The van der Waals surface area contributed by atoms with E-state index in [1.165, 1.54) is 13.8 Å². The van der Waals surface area contributed by atoms with E-state index in [2.05, 4.69) is 26.6 Å². The zero-order valence-electron chi connectivity index (χ0n) is 28.5. The molecule has 0 unspecified atom stereocenters. The molecule has 0 saturated heterocycles. The van der Waals surface area contributed by atoms with Crippen molar-refractivity contribution in [2.75, 3.05) is 0 Å². The highest BCUT2D eigenvalue weighted by molar-refractivity contribution is 5.92. The van der Waals surface area contributed by atoms with Crippen molar-refractivity contribution in [3.05, 3.63) is 0 Å². The van der Waals surface area contributed by atoms with E-state index in [1.807, 2.05) is 27.7 Å². The van der Waals surface area contributed by atoms with Gasteiger partial charge in [-0.3, -0.25) is 28.8 Å². The Morgan fingerprint density at radius 3 is 1.36 bits per heavy atom. The second kappa shape index (κ2) is 20.0. The molecule has 7 atom stereocenters. The summed E-state index contributed by atoms with van der Waals surface area (Å²) in [5.74, 6) is -4.48. The Morgan fingerprint density at radius 2 is 0.956 bits per heavy atom. The number of rotatable bonds is 20. The number of hydrogen-bond acceptors (Lipinski definition) is 8. The fourth-order valence-electron chi connectivity index (χ4n) is 4.77. The Balaban J connectivity index is 5.54. The molecular weight excluding hydrogens is 586 g/mol. The number of carbonyl (C=O) groups is 6. The smallest absolute Gasteiger partial charge is 0.306 e. The molecule has 45 heavy (non-hydrogen) atoms. The summed E-state index contributed by atoms with van der Waals surface area (Å²) in [4.78, 5) is 74.6. The molecule has 14 nitrogen and oxygen atoms in total. The van der Waals surface area contributed by atoms with Crippen LogP contribution in [0.25, 0.3) is 0 Å². The Bertz CT molecular complexity index is 1000. The minimum absolute atomic E-state index is 0.0185. The van der Waals surface area contributed by atoms with Crippen molar-refractivity contribution < 1.29 is 44.1 Å². The lowest BCUT2D eigenvalue weighted by molar-refractivity contribution is -0.140. The average molecular weight is 644 g/mol. The van der Waals surface area contributed by atoms with Crippen LogP contribution in [0, 0.1) is 23.7 Å². The molecule has 0 radical (unpaired) electrons. The monoisotopic (exact) mass is 643 g/mol. The van der Waals surface area contributed by atoms with E-state index >= 15 is 0 Å². The van der Waals surface area contributed by atoms with Crippen molar-refractivity contribution in [2.45, 2.75) is 137 Å². The van der Waals surface area contributed by atoms with E-state index in [-0.39, 0.29) is 29.6 Å². The van der Waals surface area contributed by atoms with Crippen LogP contribution < -0.4 is 26.6 Å². The lowest BCUT2D eigenvalue weighted by Crippen LogP contribution is -2.59. The van der Waals surface area contributed by atoms with E-state index in [0.717, 1.165) is 0 Å². The Labute approximate surface area is 267 Å². The number of hydrogen-bond donors (Lipinski definition) is 8. The van der Waals surface area contributed by atoms with Gasteiger partial charge in [0.2, 0.25) is 29.5 Å². The number of carboxylic acid groups (broad SMARTS) is 1. The van der Waals surface area contributed by atoms with Gasteiger partial charge in [-0.05, 0) is 43.4 Å². The molecule has 0 spiro atoms. The van der Waals surface area contributed by atoms with Crippen LogP contribution in [0.2, 0.25) is 0 Å². The maximum Gasteiger partial charge on any atom is 0.306 e. The maximum atomic E-state index is 13.3. The fourth-order valence-corrected chi connectivity index (χ4v) is 4.77. The molecule has 0 aliphatic heterocycles. The van der Waals surface area contributed by atoms with E-state index in [4.69, 9.17) is 5.11 Å². The van der Waals surface area contributed by atoms with Crippen LogP contribution in [0.5, 0.6) is 0 Å².